The molecule has 0 saturated carbocycles. The van der Waals surface area contributed by atoms with Gasteiger partial charge in [-0.2, -0.15) is 0 Å². The topological polar surface area (TPSA) is 12.5 Å². The van der Waals surface area contributed by atoms with Gasteiger partial charge in [-0.05, 0) is 13.5 Å². The van der Waals surface area contributed by atoms with Crippen LogP contribution in [0, 0.1) is 0 Å². The summed E-state index contributed by atoms with van der Waals surface area (Å²) < 4.78 is 5.61. The van der Waals surface area contributed by atoms with Crippen LogP contribution in [0.3, 0.4) is 0 Å². The molecule has 1 unspecified atom stereocenters. The number of ether oxygens (including phenoxy) is 1. The fourth-order valence-electron chi connectivity index (χ4n) is 1.47. The van der Waals surface area contributed by atoms with Gasteiger partial charge in [-0.1, -0.05) is 33.6 Å². The highest BCUT2D eigenvalue weighted by Gasteiger charge is 2.16. The van der Waals surface area contributed by atoms with Crippen LogP contribution in [0.4, 0.5) is 0 Å². The molecule has 0 aromatic carbocycles. The highest BCUT2D eigenvalue weighted by molar-refractivity contribution is 4.68. The van der Waals surface area contributed by atoms with Crippen molar-refractivity contribution >= 4 is 0 Å². The minimum Gasteiger partial charge on any atom is -0.376 e. The molecule has 0 amide bonds. The summed E-state index contributed by atoms with van der Waals surface area (Å²) in [4.78, 5) is 2.35. The Morgan fingerprint density at radius 1 is 1.38 bits per heavy atom. The summed E-state index contributed by atoms with van der Waals surface area (Å²) in [5.74, 6) is 0. The number of hydrogen-bond acceptors (Lipinski definition) is 2. The van der Waals surface area contributed by atoms with E-state index in [2.05, 4.69) is 18.9 Å². The van der Waals surface area contributed by atoms with Gasteiger partial charge in [0.05, 0.1) is 12.7 Å². The van der Waals surface area contributed by atoms with Crippen LogP contribution >= 0.6 is 0 Å². The summed E-state index contributed by atoms with van der Waals surface area (Å²) in [7, 11) is 2.17. The molecule has 1 atom stereocenters. The fourth-order valence-corrected chi connectivity index (χ4v) is 1.47. The molecule has 0 aromatic rings. The first-order valence-electron chi connectivity index (χ1n) is 5.63. The van der Waals surface area contributed by atoms with Gasteiger partial charge in [0.1, 0.15) is 0 Å². The summed E-state index contributed by atoms with van der Waals surface area (Å²) in [6.07, 6.45) is 4.33. The zero-order chi connectivity index (χ0) is 10.1. The molecule has 13 heavy (non-hydrogen) atoms. The lowest BCUT2D eigenvalue weighted by Gasteiger charge is -2.29. The van der Waals surface area contributed by atoms with Crippen LogP contribution in [0.5, 0.6) is 0 Å². The number of rotatable bonds is 3. The van der Waals surface area contributed by atoms with Gasteiger partial charge in [0.2, 0.25) is 0 Å². The van der Waals surface area contributed by atoms with Crippen molar-refractivity contribution in [1.82, 2.24) is 4.90 Å². The van der Waals surface area contributed by atoms with E-state index in [1.54, 1.807) is 0 Å². The van der Waals surface area contributed by atoms with Crippen molar-refractivity contribution in [2.75, 3.05) is 26.7 Å². The molecule has 1 aliphatic rings. The summed E-state index contributed by atoms with van der Waals surface area (Å²) >= 11 is 0. The highest BCUT2D eigenvalue weighted by Crippen LogP contribution is 2.09. The maximum absolute atomic E-state index is 5.61. The van der Waals surface area contributed by atoms with E-state index in [1.165, 1.54) is 19.3 Å². The number of unbranched alkanes of at least 4 members (excludes halogenated alkanes) is 1. The minimum atomic E-state index is 0.508. The number of likely N-dealkylation sites (N-methyl/N-ethyl adjacent to an activating group) is 1. The number of nitrogens with zero attached hydrogens (tertiary/aromatic N) is 1. The molecule has 1 heterocycles. The Morgan fingerprint density at radius 3 is 2.62 bits per heavy atom. The van der Waals surface area contributed by atoms with Gasteiger partial charge >= 0.3 is 0 Å². The average molecular weight is 187 g/mol. The van der Waals surface area contributed by atoms with Gasteiger partial charge in [-0.25, -0.2) is 0 Å². The Kier molecular flexibility index (Phi) is 8.46. The molecular formula is C11H25NO. The molecule has 0 N–H and O–H groups in total. The van der Waals surface area contributed by atoms with E-state index in [0.717, 1.165) is 19.7 Å². The number of hydrogen-bond donors (Lipinski definition) is 0. The third-order valence-electron chi connectivity index (χ3n) is 2.22. The van der Waals surface area contributed by atoms with Crippen molar-refractivity contribution in [2.24, 2.45) is 0 Å². The quantitative estimate of drug-likeness (QED) is 0.673. The van der Waals surface area contributed by atoms with Gasteiger partial charge in [0.25, 0.3) is 0 Å². The first kappa shape index (κ1) is 12.9. The van der Waals surface area contributed by atoms with Gasteiger partial charge < -0.3 is 9.64 Å². The van der Waals surface area contributed by atoms with Crippen LogP contribution in [0.15, 0.2) is 0 Å². The summed E-state index contributed by atoms with van der Waals surface area (Å²) in [6.45, 7) is 9.38. The van der Waals surface area contributed by atoms with E-state index in [4.69, 9.17) is 4.74 Å². The SMILES string of the molecule is CC.CCCCC1CN(C)CCO1. The van der Waals surface area contributed by atoms with Gasteiger partial charge in [0.15, 0.2) is 0 Å². The molecule has 1 fully saturated rings. The van der Waals surface area contributed by atoms with E-state index in [0.29, 0.717) is 6.10 Å². The second-order valence-electron chi connectivity index (χ2n) is 3.40. The molecule has 0 aromatic heterocycles. The van der Waals surface area contributed by atoms with Crippen LogP contribution in [-0.4, -0.2) is 37.7 Å². The van der Waals surface area contributed by atoms with Crippen LogP contribution in [0.25, 0.3) is 0 Å². The lowest BCUT2D eigenvalue weighted by Crippen LogP contribution is -2.39. The van der Waals surface area contributed by atoms with Crippen LogP contribution in [-0.2, 0) is 4.74 Å². The van der Waals surface area contributed by atoms with Gasteiger partial charge in [0, 0.05) is 13.1 Å². The zero-order valence-corrected chi connectivity index (χ0v) is 9.68. The molecule has 0 radical (unpaired) electrons. The standard InChI is InChI=1S/C9H19NO.C2H6/c1-3-4-5-9-8-10(2)6-7-11-9;1-2/h9H,3-8H2,1-2H3;1-2H3. The third-order valence-corrected chi connectivity index (χ3v) is 2.22. The molecule has 2 nitrogen and oxygen atoms in total. The summed E-state index contributed by atoms with van der Waals surface area (Å²) in [5.41, 5.74) is 0. The molecule has 80 valence electrons. The fraction of sp³-hybridized carbons (Fsp3) is 1.00. The Labute approximate surface area is 83.3 Å². The maximum atomic E-state index is 5.61. The molecular weight excluding hydrogens is 162 g/mol. The normalized spacial score (nSPS) is 23.5. The van der Waals surface area contributed by atoms with Gasteiger partial charge in [-0.3, -0.25) is 0 Å². The van der Waals surface area contributed by atoms with Crippen molar-refractivity contribution in [2.45, 2.75) is 46.1 Å². The average Bonchev–Trinajstić information content (AvgIpc) is 2.18. The van der Waals surface area contributed by atoms with E-state index < -0.39 is 0 Å². The van der Waals surface area contributed by atoms with E-state index in [-0.39, 0.29) is 0 Å². The second-order valence-corrected chi connectivity index (χ2v) is 3.40. The highest BCUT2D eigenvalue weighted by atomic mass is 16.5. The summed E-state index contributed by atoms with van der Waals surface area (Å²) in [5, 5.41) is 0. The van der Waals surface area contributed by atoms with Crippen LogP contribution in [0.2, 0.25) is 0 Å². The van der Waals surface area contributed by atoms with Crippen molar-refractivity contribution < 1.29 is 4.74 Å². The number of morpholine rings is 1. The van der Waals surface area contributed by atoms with E-state index >= 15 is 0 Å². The first-order valence-corrected chi connectivity index (χ1v) is 5.63. The van der Waals surface area contributed by atoms with Crippen LogP contribution < -0.4 is 0 Å². The van der Waals surface area contributed by atoms with Gasteiger partial charge in [-0.15, -0.1) is 0 Å². The van der Waals surface area contributed by atoms with Crippen molar-refractivity contribution in [3.8, 4) is 0 Å². The lowest BCUT2D eigenvalue weighted by molar-refractivity contribution is -0.0240. The molecule has 0 bridgehead atoms. The largest absolute Gasteiger partial charge is 0.376 e. The molecule has 1 saturated heterocycles. The molecule has 2 heteroatoms. The Morgan fingerprint density at radius 2 is 2.08 bits per heavy atom. The molecule has 1 aliphatic heterocycles. The Hall–Kier alpha value is -0.0800. The summed E-state index contributed by atoms with van der Waals surface area (Å²) in [6, 6.07) is 0. The molecule has 0 aliphatic carbocycles. The Balaban J connectivity index is 0.000000671. The first-order chi connectivity index (χ1) is 6.33. The second kappa shape index (κ2) is 8.52. The van der Waals surface area contributed by atoms with Crippen molar-refractivity contribution in [3.05, 3.63) is 0 Å². The van der Waals surface area contributed by atoms with Crippen LogP contribution in [0.1, 0.15) is 40.0 Å². The third kappa shape index (κ3) is 6.05. The lowest BCUT2D eigenvalue weighted by atomic mass is 10.1. The zero-order valence-electron chi connectivity index (χ0n) is 9.68. The van der Waals surface area contributed by atoms with E-state index in [1.807, 2.05) is 13.8 Å². The predicted octanol–water partition coefficient (Wildman–Crippen LogP) is 2.53. The van der Waals surface area contributed by atoms with E-state index in [9.17, 15) is 0 Å². The molecule has 1 rings (SSSR count). The smallest absolute Gasteiger partial charge is 0.0702 e. The predicted molar refractivity (Wildman–Crippen MR) is 58.1 cm³/mol. The maximum Gasteiger partial charge on any atom is 0.0702 e. The molecule has 0 spiro atoms. The minimum absolute atomic E-state index is 0.508. The van der Waals surface area contributed by atoms with Crippen molar-refractivity contribution in [1.29, 1.82) is 0 Å². The van der Waals surface area contributed by atoms with Crippen molar-refractivity contribution in [3.63, 3.8) is 0 Å². The Bertz CT molecular complexity index is 106. The monoisotopic (exact) mass is 187 g/mol.